The second-order valence-electron chi connectivity index (χ2n) is 5.15. The Bertz CT molecular complexity index is 542. The maximum absolute atomic E-state index is 11.6. The number of carbonyl (C=O) groups excluding carboxylic acids is 1. The molecular formula is C14H17N3O2. The van der Waals surface area contributed by atoms with Gasteiger partial charge in [0.05, 0.1) is 17.9 Å². The monoisotopic (exact) mass is 259 g/mol. The molecular weight excluding hydrogens is 242 g/mol. The quantitative estimate of drug-likeness (QED) is 0.849. The van der Waals surface area contributed by atoms with Crippen molar-refractivity contribution in [2.24, 2.45) is 5.29 Å². The second kappa shape index (κ2) is 4.64. The number of hydrogen-bond donors (Lipinski definition) is 1. The molecule has 1 amide bonds. The standard InChI is InChI=1S/C14H17N3O2/c1-2-13(18)15-11-7-6-9-8-17(16-19)12-5-3-4-10(11)14(9)12/h6-7,12H,2-5,8H2,1H3,(H,15,18). The number of rotatable bonds is 3. The van der Waals surface area contributed by atoms with Gasteiger partial charge in [-0.3, -0.25) is 4.79 Å². The minimum absolute atomic E-state index is 0.0293. The van der Waals surface area contributed by atoms with E-state index in [1.54, 1.807) is 5.01 Å². The first kappa shape index (κ1) is 12.1. The normalized spacial score (nSPS) is 20.1. The van der Waals surface area contributed by atoms with E-state index in [0.29, 0.717) is 13.0 Å². The molecule has 3 rings (SSSR count). The molecule has 5 nitrogen and oxygen atoms in total. The van der Waals surface area contributed by atoms with E-state index in [-0.39, 0.29) is 11.9 Å². The van der Waals surface area contributed by atoms with E-state index >= 15 is 0 Å². The molecule has 1 atom stereocenters. The third-order valence-corrected chi connectivity index (χ3v) is 4.08. The Morgan fingerprint density at radius 3 is 3.11 bits per heavy atom. The van der Waals surface area contributed by atoms with Gasteiger partial charge in [-0.25, -0.2) is 5.01 Å². The van der Waals surface area contributed by atoms with Crippen LogP contribution in [-0.2, 0) is 17.8 Å². The highest BCUT2D eigenvalue weighted by Crippen LogP contribution is 2.45. The van der Waals surface area contributed by atoms with Crippen LogP contribution in [0.4, 0.5) is 5.69 Å². The lowest BCUT2D eigenvalue weighted by atomic mass is 9.86. The van der Waals surface area contributed by atoms with E-state index < -0.39 is 0 Å². The number of nitroso groups, excluding NO2 is 1. The fourth-order valence-electron chi connectivity index (χ4n) is 3.18. The SMILES string of the molecule is CCC(=O)Nc1ccc2c3c1CCCC3N(N=O)C2. The van der Waals surface area contributed by atoms with Crippen molar-refractivity contribution in [3.63, 3.8) is 0 Å². The Kier molecular flexibility index (Phi) is 2.97. The number of carbonyl (C=O) groups is 1. The van der Waals surface area contributed by atoms with Crippen LogP contribution in [0.1, 0.15) is 48.9 Å². The number of anilines is 1. The summed E-state index contributed by atoms with van der Waals surface area (Å²) in [6.45, 7) is 2.44. The summed E-state index contributed by atoms with van der Waals surface area (Å²) in [5.41, 5.74) is 4.50. The van der Waals surface area contributed by atoms with Gasteiger partial charge in [-0.1, -0.05) is 13.0 Å². The van der Waals surface area contributed by atoms with Gasteiger partial charge in [-0.05, 0) is 42.0 Å². The van der Waals surface area contributed by atoms with Crippen molar-refractivity contribution in [1.29, 1.82) is 0 Å². The zero-order valence-electron chi connectivity index (χ0n) is 11.0. The zero-order chi connectivity index (χ0) is 13.4. The molecule has 1 aromatic rings. The summed E-state index contributed by atoms with van der Waals surface area (Å²) >= 11 is 0. The third kappa shape index (κ3) is 1.89. The summed E-state index contributed by atoms with van der Waals surface area (Å²) in [6, 6.07) is 4.07. The Labute approximate surface area is 111 Å². The summed E-state index contributed by atoms with van der Waals surface area (Å²) < 4.78 is 0. The fourth-order valence-corrected chi connectivity index (χ4v) is 3.18. The van der Waals surface area contributed by atoms with Gasteiger partial charge in [0.25, 0.3) is 0 Å². The highest BCUT2D eigenvalue weighted by molar-refractivity contribution is 5.91. The molecule has 0 fully saturated rings. The molecule has 1 aromatic carbocycles. The van der Waals surface area contributed by atoms with E-state index in [2.05, 4.69) is 10.6 Å². The van der Waals surface area contributed by atoms with Crippen LogP contribution >= 0.6 is 0 Å². The molecule has 0 saturated heterocycles. The summed E-state index contributed by atoms with van der Waals surface area (Å²) in [5.74, 6) is 0.0293. The van der Waals surface area contributed by atoms with Crippen LogP contribution in [0.25, 0.3) is 0 Å². The predicted molar refractivity (Wildman–Crippen MR) is 72.4 cm³/mol. The van der Waals surface area contributed by atoms with Crippen molar-refractivity contribution in [2.75, 3.05) is 5.32 Å². The molecule has 19 heavy (non-hydrogen) atoms. The van der Waals surface area contributed by atoms with Crippen molar-refractivity contribution in [3.05, 3.63) is 33.7 Å². The van der Waals surface area contributed by atoms with Gasteiger partial charge in [0, 0.05) is 12.1 Å². The van der Waals surface area contributed by atoms with Crippen LogP contribution in [0.3, 0.4) is 0 Å². The lowest BCUT2D eigenvalue weighted by Crippen LogP contribution is -2.20. The van der Waals surface area contributed by atoms with Gasteiger partial charge in [-0.2, -0.15) is 0 Å². The maximum atomic E-state index is 11.6. The minimum atomic E-state index is 0.0293. The highest BCUT2D eigenvalue weighted by Gasteiger charge is 2.35. The number of amides is 1. The number of hydrogen-bond acceptors (Lipinski definition) is 3. The first-order valence-corrected chi connectivity index (χ1v) is 6.79. The van der Waals surface area contributed by atoms with Crippen LogP contribution in [0.2, 0.25) is 0 Å². The molecule has 1 aliphatic heterocycles. The van der Waals surface area contributed by atoms with Crippen molar-refractivity contribution < 1.29 is 4.79 Å². The van der Waals surface area contributed by atoms with E-state index in [9.17, 15) is 9.70 Å². The molecule has 1 aliphatic carbocycles. The molecule has 0 bridgehead atoms. The molecule has 1 heterocycles. The van der Waals surface area contributed by atoms with Crippen LogP contribution in [0.5, 0.6) is 0 Å². The topological polar surface area (TPSA) is 61.8 Å². The summed E-state index contributed by atoms with van der Waals surface area (Å²) in [6.07, 6.45) is 3.44. The predicted octanol–water partition coefficient (Wildman–Crippen LogP) is 2.91. The largest absolute Gasteiger partial charge is 0.326 e. The maximum Gasteiger partial charge on any atom is 0.224 e. The molecule has 5 heteroatoms. The van der Waals surface area contributed by atoms with Gasteiger partial charge in [-0.15, -0.1) is 4.91 Å². The van der Waals surface area contributed by atoms with Gasteiger partial charge in [0.2, 0.25) is 5.91 Å². The van der Waals surface area contributed by atoms with E-state index in [1.807, 2.05) is 19.1 Å². The molecule has 100 valence electrons. The van der Waals surface area contributed by atoms with E-state index in [4.69, 9.17) is 0 Å². The first-order valence-electron chi connectivity index (χ1n) is 6.79. The Morgan fingerprint density at radius 2 is 2.37 bits per heavy atom. The number of benzene rings is 1. The smallest absolute Gasteiger partial charge is 0.224 e. The zero-order valence-corrected chi connectivity index (χ0v) is 11.0. The van der Waals surface area contributed by atoms with E-state index in [0.717, 1.165) is 24.9 Å². The fraction of sp³-hybridized carbons (Fsp3) is 0.500. The first-order chi connectivity index (χ1) is 9.24. The van der Waals surface area contributed by atoms with Crippen molar-refractivity contribution in [1.82, 2.24) is 5.01 Å². The number of nitrogens with zero attached hydrogens (tertiary/aromatic N) is 2. The number of nitrogens with one attached hydrogen (secondary N) is 1. The Balaban J connectivity index is 2.02. The highest BCUT2D eigenvalue weighted by atomic mass is 16.3. The van der Waals surface area contributed by atoms with Gasteiger partial charge in [0.1, 0.15) is 0 Å². The third-order valence-electron chi connectivity index (χ3n) is 4.08. The van der Waals surface area contributed by atoms with Crippen molar-refractivity contribution >= 4 is 11.6 Å². The van der Waals surface area contributed by atoms with Crippen LogP contribution in [0, 0.1) is 4.91 Å². The average Bonchev–Trinajstić information content (AvgIpc) is 2.81. The molecule has 0 aromatic heterocycles. The lowest BCUT2D eigenvalue weighted by Gasteiger charge is -2.26. The van der Waals surface area contributed by atoms with Crippen LogP contribution < -0.4 is 5.32 Å². The second-order valence-corrected chi connectivity index (χ2v) is 5.15. The molecule has 0 spiro atoms. The van der Waals surface area contributed by atoms with Gasteiger partial charge >= 0.3 is 0 Å². The van der Waals surface area contributed by atoms with Gasteiger partial charge < -0.3 is 5.32 Å². The Morgan fingerprint density at radius 1 is 1.53 bits per heavy atom. The lowest BCUT2D eigenvalue weighted by molar-refractivity contribution is -0.115. The van der Waals surface area contributed by atoms with Crippen molar-refractivity contribution in [2.45, 2.75) is 45.2 Å². The van der Waals surface area contributed by atoms with Crippen LogP contribution in [-0.4, -0.2) is 10.9 Å². The minimum Gasteiger partial charge on any atom is -0.326 e. The molecule has 0 saturated carbocycles. The van der Waals surface area contributed by atoms with Gasteiger partial charge in [0.15, 0.2) is 0 Å². The summed E-state index contributed by atoms with van der Waals surface area (Å²) in [7, 11) is 0. The molecule has 1 unspecified atom stereocenters. The van der Waals surface area contributed by atoms with Crippen LogP contribution in [0.15, 0.2) is 17.4 Å². The van der Waals surface area contributed by atoms with Crippen molar-refractivity contribution in [3.8, 4) is 0 Å². The summed E-state index contributed by atoms with van der Waals surface area (Å²) in [5, 5.41) is 7.72. The van der Waals surface area contributed by atoms with E-state index in [1.165, 1.54) is 16.7 Å². The Hall–Kier alpha value is -1.91. The summed E-state index contributed by atoms with van der Waals surface area (Å²) in [4.78, 5) is 22.5. The molecule has 2 aliphatic rings. The molecule has 0 radical (unpaired) electrons. The average molecular weight is 259 g/mol. The molecule has 1 N–H and O–H groups in total.